The van der Waals surface area contributed by atoms with Crippen molar-refractivity contribution in [2.24, 2.45) is 0 Å². The van der Waals surface area contributed by atoms with Gasteiger partial charge in [0.25, 0.3) is 0 Å². The number of aromatic amines is 1. The first kappa shape index (κ1) is 12.6. The molecule has 0 aliphatic rings. The van der Waals surface area contributed by atoms with Gasteiger partial charge in [0.15, 0.2) is 5.65 Å². The Bertz CT molecular complexity index is 697. The van der Waals surface area contributed by atoms with Gasteiger partial charge in [0.05, 0.1) is 17.3 Å². The summed E-state index contributed by atoms with van der Waals surface area (Å²) in [5, 5.41) is 15.0. The predicted molar refractivity (Wildman–Crippen MR) is 74.5 cm³/mol. The van der Waals surface area contributed by atoms with Crippen molar-refractivity contribution >= 4 is 16.9 Å². The largest absolute Gasteiger partial charge is 0.369 e. The van der Waals surface area contributed by atoms with Gasteiger partial charge in [0, 0.05) is 12.1 Å². The molecule has 0 spiro atoms. The first-order chi connectivity index (χ1) is 9.75. The fourth-order valence-corrected chi connectivity index (χ4v) is 2.24. The molecule has 0 saturated heterocycles. The Kier molecular flexibility index (Phi) is 3.32. The van der Waals surface area contributed by atoms with Crippen molar-refractivity contribution in [1.82, 2.24) is 25.3 Å². The average molecular weight is 272 g/mol. The van der Waals surface area contributed by atoms with Crippen molar-refractivity contribution in [3.05, 3.63) is 29.5 Å². The number of nitrogens with one attached hydrogen (secondary N) is 2. The van der Waals surface area contributed by atoms with Gasteiger partial charge in [-0.1, -0.05) is 5.16 Å². The third kappa shape index (κ3) is 2.34. The number of fused-ring (bicyclic) bond motifs is 1. The topological polar surface area (TPSA) is 92.5 Å². The van der Waals surface area contributed by atoms with Gasteiger partial charge >= 0.3 is 0 Å². The van der Waals surface area contributed by atoms with Crippen LogP contribution < -0.4 is 5.32 Å². The van der Waals surface area contributed by atoms with Crippen molar-refractivity contribution in [2.45, 2.75) is 26.7 Å². The third-order valence-electron chi connectivity index (χ3n) is 3.33. The fourth-order valence-electron chi connectivity index (χ4n) is 2.24. The Morgan fingerprint density at radius 2 is 2.20 bits per heavy atom. The second kappa shape index (κ2) is 5.28. The lowest BCUT2D eigenvalue weighted by Gasteiger charge is -2.05. The van der Waals surface area contributed by atoms with Crippen LogP contribution in [0.3, 0.4) is 0 Å². The average Bonchev–Trinajstić information content (AvgIpc) is 3.04. The molecule has 0 aliphatic carbocycles. The minimum Gasteiger partial charge on any atom is -0.369 e. The van der Waals surface area contributed by atoms with E-state index in [2.05, 4.69) is 30.6 Å². The van der Waals surface area contributed by atoms with E-state index in [-0.39, 0.29) is 0 Å². The van der Waals surface area contributed by atoms with Crippen LogP contribution in [0.25, 0.3) is 11.0 Å². The maximum absolute atomic E-state index is 5.15. The molecule has 0 radical (unpaired) electrons. The smallest absolute Gasteiger partial charge is 0.160 e. The number of hydrogen-bond donors (Lipinski definition) is 2. The maximum atomic E-state index is 5.15. The molecule has 20 heavy (non-hydrogen) atoms. The van der Waals surface area contributed by atoms with Gasteiger partial charge in [0.1, 0.15) is 17.9 Å². The van der Waals surface area contributed by atoms with Crippen molar-refractivity contribution in [1.29, 1.82) is 0 Å². The molecule has 0 amide bonds. The Morgan fingerprint density at radius 1 is 1.30 bits per heavy atom. The monoisotopic (exact) mass is 272 g/mol. The van der Waals surface area contributed by atoms with Gasteiger partial charge in [-0.2, -0.15) is 5.10 Å². The molecule has 0 atom stereocenters. The third-order valence-corrected chi connectivity index (χ3v) is 3.33. The number of hydrogen-bond acceptors (Lipinski definition) is 6. The van der Waals surface area contributed by atoms with E-state index in [1.807, 2.05) is 13.8 Å². The molecule has 0 bridgehead atoms. The summed E-state index contributed by atoms with van der Waals surface area (Å²) < 4.78 is 5.15. The summed E-state index contributed by atoms with van der Waals surface area (Å²) in [6.45, 7) is 4.74. The van der Waals surface area contributed by atoms with Crippen LogP contribution in [0.5, 0.6) is 0 Å². The van der Waals surface area contributed by atoms with Crippen LogP contribution in [0.1, 0.15) is 23.4 Å². The van der Waals surface area contributed by atoms with E-state index in [0.717, 1.165) is 47.7 Å². The molecular formula is C13H16N6O. The van der Waals surface area contributed by atoms with Gasteiger partial charge < -0.3 is 9.84 Å². The zero-order valence-corrected chi connectivity index (χ0v) is 11.5. The number of anilines is 1. The zero-order valence-electron chi connectivity index (χ0n) is 11.5. The molecular weight excluding hydrogens is 256 g/mol. The summed E-state index contributed by atoms with van der Waals surface area (Å²) >= 11 is 0. The number of rotatable bonds is 5. The van der Waals surface area contributed by atoms with E-state index in [1.165, 1.54) is 11.9 Å². The van der Waals surface area contributed by atoms with Crippen molar-refractivity contribution in [3.8, 4) is 0 Å². The molecule has 3 aromatic heterocycles. The molecule has 0 saturated carbocycles. The summed E-state index contributed by atoms with van der Waals surface area (Å²) in [4.78, 5) is 8.34. The fraction of sp³-hybridized carbons (Fsp3) is 0.385. The van der Waals surface area contributed by atoms with Crippen LogP contribution in [0.2, 0.25) is 0 Å². The minimum absolute atomic E-state index is 0.744. The molecule has 2 N–H and O–H groups in total. The molecule has 0 aromatic carbocycles. The SMILES string of the molecule is Cc1noc(C)c1CCCNc1ncnc2[nH]ncc12. The van der Waals surface area contributed by atoms with E-state index in [0.29, 0.717) is 0 Å². The summed E-state index contributed by atoms with van der Waals surface area (Å²) in [6, 6.07) is 0. The molecule has 0 fully saturated rings. The summed E-state index contributed by atoms with van der Waals surface area (Å²) in [7, 11) is 0. The van der Waals surface area contributed by atoms with Crippen LogP contribution >= 0.6 is 0 Å². The zero-order chi connectivity index (χ0) is 13.9. The van der Waals surface area contributed by atoms with Crippen LogP contribution in [0, 0.1) is 13.8 Å². The highest BCUT2D eigenvalue weighted by molar-refractivity contribution is 5.85. The standard InChI is InChI=1S/C13H16N6O/c1-8-10(9(2)20-19-8)4-3-5-14-12-11-6-17-18-13(11)16-7-15-12/h6-7H,3-5H2,1-2H3,(H2,14,15,16,17,18). The van der Waals surface area contributed by atoms with Crippen molar-refractivity contribution in [3.63, 3.8) is 0 Å². The molecule has 3 aromatic rings. The first-order valence-electron chi connectivity index (χ1n) is 6.55. The minimum atomic E-state index is 0.744. The molecule has 104 valence electrons. The van der Waals surface area contributed by atoms with E-state index >= 15 is 0 Å². The molecule has 3 rings (SSSR count). The van der Waals surface area contributed by atoms with Crippen LogP contribution in [0.15, 0.2) is 17.0 Å². The molecule has 7 heteroatoms. The number of H-pyrrole nitrogens is 1. The first-order valence-corrected chi connectivity index (χ1v) is 6.55. The highest BCUT2D eigenvalue weighted by atomic mass is 16.5. The Morgan fingerprint density at radius 3 is 3.00 bits per heavy atom. The summed E-state index contributed by atoms with van der Waals surface area (Å²) in [5.74, 6) is 1.71. The van der Waals surface area contributed by atoms with E-state index in [1.54, 1.807) is 6.20 Å². The normalized spacial score (nSPS) is 11.1. The maximum Gasteiger partial charge on any atom is 0.160 e. The van der Waals surface area contributed by atoms with Crippen LogP contribution in [0.4, 0.5) is 5.82 Å². The number of nitrogens with zero attached hydrogens (tertiary/aromatic N) is 4. The van der Waals surface area contributed by atoms with Gasteiger partial charge in [-0.15, -0.1) is 0 Å². The van der Waals surface area contributed by atoms with Crippen molar-refractivity contribution < 1.29 is 4.52 Å². The lowest BCUT2D eigenvalue weighted by atomic mass is 10.1. The summed E-state index contributed by atoms with van der Waals surface area (Å²) in [5.41, 5.74) is 2.91. The second-order valence-electron chi connectivity index (χ2n) is 4.69. The quantitative estimate of drug-likeness (QED) is 0.690. The molecule has 0 aliphatic heterocycles. The van der Waals surface area contributed by atoms with Crippen LogP contribution in [-0.4, -0.2) is 31.9 Å². The summed E-state index contributed by atoms with van der Waals surface area (Å²) in [6.07, 6.45) is 5.17. The Labute approximate surface area is 115 Å². The molecule has 3 heterocycles. The van der Waals surface area contributed by atoms with Gasteiger partial charge in [-0.3, -0.25) is 5.10 Å². The van der Waals surface area contributed by atoms with Crippen molar-refractivity contribution in [2.75, 3.05) is 11.9 Å². The molecule has 7 nitrogen and oxygen atoms in total. The Hall–Kier alpha value is -2.44. The number of aromatic nitrogens is 5. The molecule has 0 unspecified atom stereocenters. The van der Waals surface area contributed by atoms with E-state index < -0.39 is 0 Å². The second-order valence-corrected chi connectivity index (χ2v) is 4.69. The lowest BCUT2D eigenvalue weighted by molar-refractivity contribution is 0.392. The predicted octanol–water partition coefficient (Wildman–Crippen LogP) is 2.00. The van der Waals surface area contributed by atoms with E-state index in [4.69, 9.17) is 4.52 Å². The highest BCUT2D eigenvalue weighted by Gasteiger charge is 2.08. The number of aryl methyl sites for hydroxylation is 2. The lowest BCUT2D eigenvalue weighted by Crippen LogP contribution is -2.05. The Balaban J connectivity index is 1.59. The van der Waals surface area contributed by atoms with Gasteiger partial charge in [-0.25, -0.2) is 9.97 Å². The van der Waals surface area contributed by atoms with Gasteiger partial charge in [-0.05, 0) is 26.7 Å². The van der Waals surface area contributed by atoms with E-state index in [9.17, 15) is 0 Å². The highest BCUT2D eigenvalue weighted by Crippen LogP contribution is 2.17. The van der Waals surface area contributed by atoms with Crippen LogP contribution in [-0.2, 0) is 6.42 Å². The van der Waals surface area contributed by atoms with Gasteiger partial charge in [0.2, 0.25) is 0 Å².